The number of nitrogens with zero attached hydrogens (tertiary/aromatic N) is 4. The summed E-state index contributed by atoms with van der Waals surface area (Å²) in [5.74, 6) is 0.0610. The van der Waals surface area contributed by atoms with Gasteiger partial charge in [-0.3, -0.25) is 20.2 Å². The summed E-state index contributed by atoms with van der Waals surface area (Å²) in [7, 11) is 1.71. The van der Waals surface area contributed by atoms with Crippen molar-refractivity contribution in [2.24, 2.45) is 7.05 Å². The Kier molecular flexibility index (Phi) is 2.42. The molecular weight excluding hydrogens is 200 g/mol. The lowest BCUT2D eigenvalue weighted by molar-refractivity contribution is -0.125. The number of aryl methyl sites for hydroxylation is 1. The molecule has 2 rings (SSSR count). The van der Waals surface area contributed by atoms with Gasteiger partial charge in [-0.1, -0.05) is 0 Å². The van der Waals surface area contributed by atoms with Crippen molar-refractivity contribution < 1.29 is 9.59 Å². The fourth-order valence-electron chi connectivity index (χ4n) is 1.33. The Morgan fingerprint density at radius 2 is 2.40 bits per heavy atom. The van der Waals surface area contributed by atoms with Crippen LogP contribution in [0.5, 0.6) is 0 Å². The molecule has 15 heavy (non-hydrogen) atoms. The largest absolute Gasteiger partial charge is 0.298 e. The van der Waals surface area contributed by atoms with Crippen molar-refractivity contribution in [3.05, 3.63) is 5.82 Å². The van der Waals surface area contributed by atoms with Gasteiger partial charge in [0, 0.05) is 7.05 Å². The average molecular weight is 210 g/mol. The van der Waals surface area contributed by atoms with E-state index in [4.69, 9.17) is 0 Å². The van der Waals surface area contributed by atoms with E-state index in [0.717, 1.165) is 0 Å². The molecule has 0 saturated carbocycles. The van der Waals surface area contributed by atoms with Gasteiger partial charge in [-0.15, -0.1) is 5.10 Å². The van der Waals surface area contributed by atoms with E-state index in [9.17, 15) is 9.59 Å². The lowest BCUT2D eigenvalue weighted by atomic mass is 10.2. The highest BCUT2D eigenvalue weighted by Gasteiger charge is 2.30. The van der Waals surface area contributed by atoms with Gasteiger partial charge < -0.3 is 0 Å². The fourth-order valence-corrected chi connectivity index (χ4v) is 1.33. The van der Waals surface area contributed by atoms with Crippen LogP contribution in [0.1, 0.15) is 12.2 Å². The summed E-state index contributed by atoms with van der Waals surface area (Å²) in [5, 5.41) is 16.0. The highest BCUT2D eigenvalue weighted by atomic mass is 16.2. The van der Waals surface area contributed by atoms with E-state index < -0.39 is 6.04 Å². The molecule has 8 heteroatoms. The molecule has 1 aromatic heterocycles. The van der Waals surface area contributed by atoms with E-state index >= 15 is 0 Å². The van der Waals surface area contributed by atoms with Crippen LogP contribution in [0.4, 0.5) is 0 Å². The second kappa shape index (κ2) is 3.73. The molecule has 0 aromatic carbocycles. The number of aromatic nitrogens is 4. The van der Waals surface area contributed by atoms with E-state index in [0.29, 0.717) is 12.4 Å². The van der Waals surface area contributed by atoms with Crippen LogP contribution in [0.3, 0.4) is 0 Å². The first-order chi connectivity index (χ1) is 7.16. The van der Waals surface area contributed by atoms with Crippen LogP contribution in [0, 0.1) is 0 Å². The van der Waals surface area contributed by atoms with E-state index in [-0.39, 0.29) is 18.2 Å². The Hall–Kier alpha value is -1.83. The predicted octanol–water partition coefficient (Wildman–Crippen LogP) is -2.29. The predicted molar refractivity (Wildman–Crippen MR) is 47.2 cm³/mol. The molecule has 1 aliphatic rings. The zero-order chi connectivity index (χ0) is 10.8. The van der Waals surface area contributed by atoms with Gasteiger partial charge >= 0.3 is 0 Å². The van der Waals surface area contributed by atoms with Gasteiger partial charge in [-0.25, -0.2) is 4.68 Å². The Morgan fingerprint density at radius 3 is 2.93 bits per heavy atom. The summed E-state index contributed by atoms with van der Waals surface area (Å²) < 4.78 is 1.50. The zero-order valence-electron chi connectivity index (χ0n) is 8.10. The minimum atomic E-state index is -0.478. The van der Waals surface area contributed by atoms with Gasteiger partial charge in [0.1, 0.15) is 0 Å². The lowest BCUT2D eigenvalue weighted by Crippen LogP contribution is -2.36. The van der Waals surface area contributed by atoms with Crippen LogP contribution in [0.15, 0.2) is 0 Å². The van der Waals surface area contributed by atoms with Crippen molar-refractivity contribution in [1.29, 1.82) is 0 Å². The molecule has 0 aliphatic carbocycles. The highest BCUT2D eigenvalue weighted by Crippen LogP contribution is 2.02. The normalized spacial score (nSPS) is 20.7. The number of rotatable bonds is 3. The number of hydrogen-bond donors (Lipinski definition) is 2. The standard InChI is InChI=1S/C7H10N6O2/c1-13-5(10-11-12-13)3-8-4-2-6(14)9-7(4)15/h4,8H,2-3H2,1H3,(H,9,14,15). The van der Waals surface area contributed by atoms with E-state index in [1.807, 2.05) is 0 Å². The molecule has 8 nitrogen and oxygen atoms in total. The second-order valence-corrected chi connectivity index (χ2v) is 3.27. The monoisotopic (exact) mass is 210 g/mol. The number of hydrogen-bond acceptors (Lipinski definition) is 6. The topological polar surface area (TPSA) is 102 Å². The van der Waals surface area contributed by atoms with Gasteiger partial charge in [-0.05, 0) is 10.4 Å². The average Bonchev–Trinajstić information content (AvgIpc) is 2.70. The minimum Gasteiger partial charge on any atom is -0.298 e. The molecule has 0 radical (unpaired) electrons. The quantitative estimate of drug-likeness (QED) is 0.545. The van der Waals surface area contributed by atoms with Crippen LogP contribution in [0.25, 0.3) is 0 Å². The Balaban J connectivity index is 1.91. The summed E-state index contributed by atoms with van der Waals surface area (Å²) >= 11 is 0. The third-order valence-electron chi connectivity index (χ3n) is 2.18. The third kappa shape index (κ3) is 1.99. The van der Waals surface area contributed by atoms with Crippen LogP contribution in [-0.2, 0) is 23.2 Å². The maximum absolute atomic E-state index is 11.2. The molecule has 1 saturated heterocycles. The molecule has 1 aromatic rings. The van der Waals surface area contributed by atoms with E-state index in [1.54, 1.807) is 7.05 Å². The van der Waals surface area contributed by atoms with Crippen molar-refractivity contribution >= 4 is 11.8 Å². The van der Waals surface area contributed by atoms with Crippen molar-refractivity contribution in [3.8, 4) is 0 Å². The van der Waals surface area contributed by atoms with Crippen LogP contribution in [-0.4, -0.2) is 38.1 Å². The number of imide groups is 1. The van der Waals surface area contributed by atoms with E-state index in [1.165, 1.54) is 4.68 Å². The molecule has 1 aliphatic heterocycles. The second-order valence-electron chi connectivity index (χ2n) is 3.27. The van der Waals surface area contributed by atoms with Crippen molar-refractivity contribution in [2.45, 2.75) is 19.0 Å². The Bertz CT molecular complexity index is 400. The Labute approximate surface area is 85.0 Å². The number of amides is 2. The van der Waals surface area contributed by atoms with Crippen LogP contribution < -0.4 is 10.6 Å². The first-order valence-corrected chi connectivity index (χ1v) is 4.45. The zero-order valence-corrected chi connectivity index (χ0v) is 8.10. The van der Waals surface area contributed by atoms with E-state index in [2.05, 4.69) is 26.2 Å². The fraction of sp³-hybridized carbons (Fsp3) is 0.571. The maximum atomic E-state index is 11.2. The first-order valence-electron chi connectivity index (χ1n) is 4.45. The SMILES string of the molecule is Cn1nnnc1CNC1CC(=O)NC1=O. The molecule has 1 atom stereocenters. The van der Waals surface area contributed by atoms with Gasteiger partial charge in [-0.2, -0.15) is 0 Å². The van der Waals surface area contributed by atoms with Gasteiger partial charge in [0.05, 0.1) is 19.0 Å². The smallest absolute Gasteiger partial charge is 0.244 e. The summed E-state index contributed by atoms with van der Waals surface area (Å²) in [6.45, 7) is 0.356. The third-order valence-corrected chi connectivity index (χ3v) is 2.18. The van der Waals surface area contributed by atoms with Crippen LogP contribution in [0.2, 0.25) is 0 Å². The molecule has 2 amide bonds. The molecular formula is C7H10N6O2. The molecule has 2 N–H and O–H groups in total. The molecule has 2 heterocycles. The molecule has 1 unspecified atom stereocenters. The summed E-state index contributed by atoms with van der Waals surface area (Å²) in [6, 6.07) is -0.478. The summed E-state index contributed by atoms with van der Waals surface area (Å²) in [5.41, 5.74) is 0. The number of carbonyl (C=O) groups is 2. The van der Waals surface area contributed by atoms with Crippen LogP contribution >= 0.6 is 0 Å². The highest BCUT2D eigenvalue weighted by molar-refractivity contribution is 6.05. The Morgan fingerprint density at radius 1 is 1.60 bits per heavy atom. The number of carbonyl (C=O) groups excluding carboxylic acids is 2. The first kappa shape index (κ1) is 9.71. The molecule has 1 fully saturated rings. The summed E-state index contributed by atoms with van der Waals surface area (Å²) in [6.07, 6.45) is 0.171. The molecule has 0 spiro atoms. The molecule has 0 bridgehead atoms. The van der Waals surface area contributed by atoms with Gasteiger partial charge in [0.25, 0.3) is 0 Å². The molecule has 80 valence electrons. The van der Waals surface area contributed by atoms with Crippen molar-refractivity contribution in [3.63, 3.8) is 0 Å². The number of tetrazole rings is 1. The van der Waals surface area contributed by atoms with Gasteiger partial charge in [0.2, 0.25) is 11.8 Å². The summed E-state index contributed by atoms with van der Waals surface area (Å²) in [4.78, 5) is 22.1. The maximum Gasteiger partial charge on any atom is 0.244 e. The van der Waals surface area contributed by atoms with Gasteiger partial charge in [0.15, 0.2) is 5.82 Å². The van der Waals surface area contributed by atoms with Crippen molar-refractivity contribution in [2.75, 3.05) is 0 Å². The van der Waals surface area contributed by atoms with Crippen molar-refractivity contribution in [1.82, 2.24) is 30.8 Å². The minimum absolute atomic E-state index is 0.171. The lowest BCUT2D eigenvalue weighted by Gasteiger charge is -2.06. The number of nitrogens with one attached hydrogen (secondary N) is 2.